The lowest BCUT2D eigenvalue weighted by molar-refractivity contribution is -0.183. The summed E-state index contributed by atoms with van der Waals surface area (Å²) in [5, 5.41) is 8.59. The molecule has 0 radical (unpaired) electrons. The van der Waals surface area contributed by atoms with E-state index in [0.29, 0.717) is 5.56 Å². The molecule has 0 heterocycles. The van der Waals surface area contributed by atoms with Crippen molar-refractivity contribution in [1.29, 1.82) is 0 Å². The van der Waals surface area contributed by atoms with Crippen LogP contribution in [0.2, 0.25) is 0 Å². The minimum atomic E-state index is -0.703. The number of hydrogen-bond donors (Lipinski definition) is 1. The lowest BCUT2D eigenvalue weighted by Crippen LogP contribution is -2.37. The van der Waals surface area contributed by atoms with E-state index in [4.69, 9.17) is 5.26 Å². The maximum atomic E-state index is 11.6. The highest BCUT2D eigenvalue weighted by Crippen LogP contribution is 2.44. The second kappa shape index (κ2) is 5.11. The number of carbonyl (C=O) groups is 1. The van der Waals surface area contributed by atoms with E-state index >= 15 is 0 Å². The van der Waals surface area contributed by atoms with Gasteiger partial charge < -0.3 is 0 Å². The van der Waals surface area contributed by atoms with Crippen LogP contribution < -0.4 is 0 Å². The van der Waals surface area contributed by atoms with E-state index in [-0.39, 0.29) is 10.8 Å². The van der Waals surface area contributed by atoms with Crippen molar-refractivity contribution in [2.75, 3.05) is 0 Å². The average Bonchev–Trinajstić information content (AvgIpc) is 2.37. The highest BCUT2D eigenvalue weighted by Gasteiger charge is 2.39. The van der Waals surface area contributed by atoms with E-state index < -0.39 is 5.97 Å². The molecule has 1 N–H and O–H groups in total. The summed E-state index contributed by atoms with van der Waals surface area (Å²) >= 11 is 0. The second-order valence-electron chi connectivity index (χ2n) is 5.79. The Morgan fingerprint density at radius 1 is 1.22 bits per heavy atom. The zero-order valence-corrected chi connectivity index (χ0v) is 11.8. The van der Waals surface area contributed by atoms with Gasteiger partial charge in [-0.2, -0.15) is 5.26 Å². The topological polar surface area (TPSA) is 46.5 Å². The van der Waals surface area contributed by atoms with Crippen molar-refractivity contribution in [2.24, 2.45) is 5.41 Å². The number of rotatable bonds is 4. The Hall–Kier alpha value is -1.35. The minimum absolute atomic E-state index is 0.0266. The van der Waals surface area contributed by atoms with E-state index in [2.05, 4.69) is 39.5 Å². The largest absolute Gasteiger partial charge is 0.373 e. The zero-order valence-electron chi connectivity index (χ0n) is 11.8. The molecule has 1 aromatic rings. The van der Waals surface area contributed by atoms with Gasteiger partial charge in [0.25, 0.3) is 0 Å². The van der Waals surface area contributed by atoms with Crippen LogP contribution in [0.1, 0.15) is 57.0 Å². The van der Waals surface area contributed by atoms with Crippen LogP contribution in [0, 0.1) is 5.41 Å². The molecule has 0 saturated heterocycles. The predicted octanol–water partition coefficient (Wildman–Crippen LogP) is 4.03. The predicted molar refractivity (Wildman–Crippen MR) is 71.6 cm³/mol. The van der Waals surface area contributed by atoms with Crippen LogP contribution in [0.25, 0.3) is 0 Å². The summed E-state index contributed by atoms with van der Waals surface area (Å²) in [4.78, 5) is 15.5. The molecule has 0 amide bonds. The average molecular weight is 250 g/mol. The molecule has 1 aromatic carbocycles. The highest BCUT2D eigenvalue weighted by atomic mass is 17.1. The molecular weight excluding hydrogens is 228 g/mol. The normalized spacial score (nSPS) is 12.3. The Bertz CT molecular complexity index is 433. The zero-order chi connectivity index (χ0) is 14.0. The SMILES string of the molecule is CCC(C)(C)C(C)(C)c1ccccc1C(=O)OO. The van der Waals surface area contributed by atoms with E-state index in [0.717, 1.165) is 12.0 Å². The van der Waals surface area contributed by atoms with E-state index in [1.54, 1.807) is 12.1 Å². The fourth-order valence-corrected chi connectivity index (χ4v) is 2.06. The summed E-state index contributed by atoms with van der Waals surface area (Å²) in [6.07, 6.45) is 0.989. The third kappa shape index (κ3) is 2.41. The molecule has 3 nitrogen and oxygen atoms in total. The van der Waals surface area contributed by atoms with E-state index in [1.165, 1.54) is 0 Å². The number of benzene rings is 1. The van der Waals surface area contributed by atoms with Crippen molar-refractivity contribution in [3.63, 3.8) is 0 Å². The van der Waals surface area contributed by atoms with Gasteiger partial charge in [-0.15, -0.1) is 0 Å². The molecule has 0 unspecified atom stereocenters. The molecule has 3 heteroatoms. The van der Waals surface area contributed by atoms with Crippen molar-refractivity contribution in [2.45, 2.75) is 46.5 Å². The molecule has 0 aliphatic heterocycles. The summed E-state index contributed by atoms with van der Waals surface area (Å²) in [6.45, 7) is 10.7. The lowest BCUT2D eigenvalue weighted by Gasteiger charge is -2.42. The molecule has 1 rings (SSSR count). The Morgan fingerprint density at radius 3 is 2.28 bits per heavy atom. The van der Waals surface area contributed by atoms with Gasteiger partial charge in [0.2, 0.25) is 0 Å². The van der Waals surface area contributed by atoms with Gasteiger partial charge in [0.15, 0.2) is 0 Å². The van der Waals surface area contributed by atoms with E-state index in [1.807, 2.05) is 12.1 Å². The van der Waals surface area contributed by atoms with E-state index in [9.17, 15) is 4.79 Å². The Kier molecular flexibility index (Phi) is 4.17. The van der Waals surface area contributed by atoms with Crippen molar-refractivity contribution in [3.05, 3.63) is 35.4 Å². The van der Waals surface area contributed by atoms with Crippen LogP contribution in [-0.2, 0) is 10.3 Å². The Morgan fingerprint density at radius 2 is 1.78 bits per heavy atom. The quantitative estimate of drug-likeness (QED) is 0.648. The summed E-state index contributed by atoms with van der Waals surface area (Å²) in [5.74, 6) is -0.703. The van der Waals surface area contributed by atoms with Crippen LogP contribution >= 0.6 is 0 Å². The first-order valence-corrected chi connectivity index (χ1v) is 6.23. The lowest BCUT2D eigenvalue weighted by atomic mass is 9.62. The molecule has 0 saturated carbocycles. The monoisotopic (exact) mass is 250 g/mol. The fraction of sp³-hybridized carbons (Fsp3) is 0.533. The first kappa shape index (κ1) is 14.7. The standard InChI is InChI=1S/C15H22O3/c1-6-14(2,3)15(4,5)12-10-8-7-9-11(12)13(16)18-17/h7-10,17H,6H2,1-5H3. The summed E-state index contributed by atoms with van der Waals surface area (Å²) in [5.41, 5.74) is 1.15. The van der Waals surface area contributed by atoms with Crippen LogP contribution in [0.3, 0.4) is 0 Å². The van der Waals surface area contributed by atoms with Crippen LogP contribution in [0.5, 0.6) is 0 Å². The first-order chi connectivity index (χ1) is 8.28. The van der Waals surface area contributed by atoms with Crippen molar-refractivity contribution >= 4 is 5.97 Å². The highest BCUT2D eigenvalue weighted by molar-refractivity contribution is 5.91. The fourth-order valence-electron chi connectivity index (χ4n) is 2.06. The maximum Gasteiger partial charge on any atom is 0.373 e. The summed E-state index contributed by atoms with van der Waals surface area (Å²) < 4.78 is 0. The molecule has 0 bridgehead atoms. The van der Waals surface area contributed by atoms with Gasteiger partial charge in [0, 0.05) is 0 Å². The van der Waals surface area contributed by atoms with Gasteiger partial charge in [-0.3, -0.25) is 4.89 Å². The second-order valence-corrected chi connectivity index (χ2v) is 5.79. The summed E-state index contributed by atoms with van der Waals surface area (Å²) in [7, 11) is 0. The van der Waals surface area contributed by atoms with Crippen molar-refractivity contribution in [1.82, 2.24) is 0 Å². The molecule has 0 fully saturated rings. The molecular formula is C15H22O3. The number of hydrogen-bond acceptors (Lipinski definition) is 3. The minimum Gasteiger partial charge on any atom is -0.295 e. The maximum absolute atomic E-state index is 11.6. The van der Waals surface area contributed by atoms with Gasteiger partial charge in [-0.05, 0) is 22.5 Å². The van der Waals surface area contributed by atoms with Crippen molar-refractivity contribution < 1.29 is 14.9 Å². The van der Waals surface area contributed by atoms with Crippen LogP contribution in [0.15, 0.2) is 24.3 Å². The van der Waals surface area contributed by atoms with Crippen molar-refractivity contribution in [3.8, 4) is 0 Å². The molecule has 0 aliphatic carbocycles. The summed E-state index contributed by atoms with van der Waals surface area (Å²) in [6, 6.07) is 7.27. The van der Waals surface area contributed by atoms with Gasteiger partial charge in [0.1, 0.15) is 0 Å². The molecule has 0 aromatic heterocycles. The molecule has 0 spiro atoms. The molecule has 0 atom stereocenters. The van der Waals surface area contributed by atoms with Crippen LogP contribution in [-0.4, -0.2) is 11.2 Å². The molecule has 18 heavy (non-hydrogen) atoms. The molecule has 100 valence electrons. The third-order valence-corrected chi connectivity index (χ3v) is 4.48. The smallest absolute Gasteiger partial charge is 0.295 e. The Labute approximate surface area is 109 Å². The van der Waals surface area contributed by atoms with Gasteiger partial charge in [0.05, 0.1) is 5.56 Å². The Balaban J connectivity index is 3.37. The van der Waals surface area contributed by atoms with Gasteiger partial charge in [-0.1, -0.05) is 59.2 Å². The molecule has 0 aliphatic rings. The third-order valence-electron chi connectivity index (χ3n) is 4.48. The van der Waals surface area contributed by atoms with Crippen LogP contribution in [0.4, 0.5) is 0 Å². The number of carbonyl (C=O) groups excluding carboxylic acids is 1. The first-order valence-electron chi connectivity index (χ1n) is 6.23. The van der Waals surface area contributed by atoms with Gasteiger partial charge >= 0.3 is 5.97 Å². The van der Waals surface area contributed by atoms with Gasteiger partial charge in [-0.25, -0.2) is 4.79 Å².